The van der Waals surface area contributed by atoms with Gasteiger partial charge in [0, 0.05) is 10.9 Å². The number of ether oxygens (including phenoxy) is 2. The Morgan fingerprint density at radius 3 is 2.66 bits per heavy atom. The molecule has 2 aromatic carbocycles. The van der Waals surface area contributed by atoms with Crippen LogP contribution in [0.25, 0.3) is 11.3 Å². The van der Waals surface area contributed by atoms with Gasteiger partial charge in [-0.3, -0.25) is 4.99 Å². The Bertz CT molecular complexity index is 1080. The van der Waals surface area contributed by atoms with Crippen molar-refractivity contribution in [2.45, 2.75) is 38.1 Å². The summed E-state index contributed by atoms with van der Waals surface area (Å²) >= 11 is 1.66. The molecule has 0 atom stereocenters. The molecule has 0 spiro atoms. The molecule has 1 aliphatic heterocycles. The van der Waals surface area contributed by atoms with Crippen molar-refractivity contribution in [1.29, 1.82) is 0 Å². The molecule has 29 heavy (non-hydrogen) atoms. The summed E-state index contributed by atoms with van der Waals surface area (Å²) in [5.74, 6) is 1.54. The minimum Gasteiger partial charge on any atom is -0.454 e. The summed E-state index contributed by atoms with van der Waals surface area (Å²) < 4.78 is 12.9. The third kappa shape index (κ3) is 3.98. The summed E-state index contributed by atoms with van der Waals surface area (Å²) in [5, 5.41) is 6.96. The molecule has 1 aliphatic carbocycles. The fourth-order valence-corrected chi connectivity index (χ4v) is 4.70. The first kappa shape index (κ1) is 18.2. The normalized spacial score (nSPS) is 17.3. The maximum absolute atomic E-state index is 5.49. The smallest absolute Gasteiger partial charge is 0.231 e. The Labute approximate surface area is 174 Å². The molecular formula is C23H23N3O2S. The fourth-order valence-electron chi connectivity index (χ4n) is 3.79. The molecule has 2 heterocycles. The fraction of sp³-hybridized carbons (Fsp3) is 0.304. The lowest BCUT2D eigenvalue weighted by molar-refractivity contribution is 0.174. The number of benzene rings is 2. The van der Waals surface area contributed by atoms with Crippen LogP contribution in [0.2, 0.25) is 0 Å². The van der Waals surface area contributed by atoms with E-state index < -0.39 is 0 Å². The predicted molar refractivity (Wildman–Crippen MR) is 116 cm³/mol. The zero-order chi connectivity index (χ0) is 19.5. The third-order valence-electron chi connectivity index (χ3n) is 5.34. The number of hydrogen-bond donors (Lipinski definition) is 0. The van der Waals surface area contributed by atoms with E-state index in [9.17, 15) is 0 Å². The lowest BCUT2D eigenvalue weighted by atomic mass is 9.96. The van der Waals surface area contributed by atoms with Crippen molar-refractivity contribution in [3.8, 4) is 22.8 Å². The monoisotopic (exact) mass is 405 g/mol. The van der Waals surface area contributed by atoms with Crippen LogP contribution in [0.15, 0.2) is 64.0 Å². The minimum absolute atomic E-state index is 0.276. The molecule has 0 unspecified atom stereocenters. The highest BCUT2D eigenvalue weighted by Gasteiger charge is 2.15. The Balaban J connectivity index is 1.53. The number of fused-ring (bicyclic) bond motifs is 1. The molecule has 0 radical (unpaired) electrons. The van der Waals surface area contributed by atoms with Crippen LogP contribution in [0, 0.1) is 0 Å². The lowest BCUT2D eigenvalue weighted by Crippen LogP contribution is -2.19. The number of aromatic nitrogens is 1. The molecule has 148 valence electrons. The quantitative estimate of drug-likeness (QED) is 0.570. The van der Waals surface area contributed by atoms with Crippen molar-refractivity contribution < 1.29 is 9.47 Å². The largest absolute Gasteiger partial charge is 0.454 e. The van der Waals surface area contributed by atoms with Crippen molar-refractivity contribution in [3.05, 3.63) is 64.3 Å². The van der Waals surface area contributed by atoms with E-state index in [1.54, 1.807) is 11.3 Å². The molecule has 5 nitrogen and oxygen atoms in total. The van der Waals surface area contributed by atoms with Gasteiger partial charge in [-0.25, -0.2) is 4.68 Å². The van der Waals surface area contributed by atoms with Gasteiger partial charge in [-0.05, 0) is 36.6 Å². The standard InChI is InChI=1S/C23H23N3O2S/c1-3-7-18(8-4-1)20-15-29-23(25-19-9-5-2-6-10-19)26(20)24-14-17-11-12-21-22(13-17)28-16-27-21/h1,3-4,7-8,11-15,19H,2,5-6,9-10,16H2. The van der Waals surface area contributed by atoms with Gasteiger partial charge < -0.3 is 9.47 Å². The molecule has 0 amide bonds. The van der Waals surface area contributed by atoms with Crippen LogP contribution in [0.4, 0.5) is 0 Å². The Hall–Kier alpha value is -2.86. The van der Waals surface area contributed by atoms with Crippen LogP contribution < -0.4 is 14.3 Å². The molecule has 1 saturated carbocycles. The van der Waals surface area contributed by atoms with Crippen molar-refractivity contribution in [2.75, 3.05) is 6.79 Å². The van der Waals surface area contributed by atoms with Gasteiger partial charge in [0.2, 0.25) is 11.6 Å². The summed E-state index contributed by atoms with van der Waals surface area (Å²) in [6, 6.07) is 16.6. The van der Waals surface area contributed by atoms with Crippen LogP contribution in [0.5, 0.6) is 11.5 Å². The number of rotatable bonds is 4. The van der Waals surface area contributed by atoms with Gasteiger partial charge >= 0.3 is 0 Å². The van der Waals surface area contributed by atoms with Gasteiger partial charge in [0.05, 0.1) is 18.0 Å². The maximum atomic E-state index is 5.49. The molecule has 0 bridgehead atoms. The summed E-state index contributed by atoms with van der Waals surface area (Å²) in [5.41, 5.74) is 3.16. The van der Waals surface area contributed by atoms with E-state index in [1.165, 1.54) is 32.1 Å². The van der Waals surface area contributed by atoms with Crippen molar-refractivity contribution in [2.24, 2.45) is 10.1 Å². The summed E-state index contributed by atoms with van der Waals surface area (Å²) in [6.45, 7) is 0.276. The second-order valence-electron chi connectivity index (χ2n) is 7.36. The van der Waals surface area contributed by atoms with Gasteiger partial charge in [-0.15, -0.1) is 11.3 Å². The first-order chi connectivity index (χ1) is 14.4. The van der Waals surface area contributed by atoms with Gasteiger partial charge in [-0.1, -0.05) is 49.6 Å². The Morgan fingerprint density at radius 1 is 0.966 bits per heavy atom. The van der Waals surface area contributed by atoms with Crippen LogP contribution in [-0.4, -0.2) is 23.7 Å². The molecule has 0 N–H and O–H groups in total. The van der Waals surface area contributed by atoms with E-state index in [1.807, 2.05) is 35.2 Å². The Morgan fingerprint density at radius 2 is 1.79 bits per heavy atom. The molecule has 0 saturated heterocycles. The second kappa shape index (κ2) is 8.25. The van der Waals surface area contributed by atoms with E-state index in [2.05, 4.69) is 29.6 Å². The van der Waals surface area contributed by atoms with E-state index in [4.69, 9.17) is 19.6 Å². The van der Waals surface area contributed by atoms with Gasteiger partial charge in [0.1, 0.15) is 0 Å². The molecular weight excluding hydrogens is 382 g/mol. The van der Waals surface area contributed by atoms with Crippen molar-refractivity contribution in [3.63, 3.8) is 0 Å². The van der Waals surface area contributed by atoms with E-state index >= 15 is 0 Å². The highest BCUT2D eigenvalue weighted by atomic mass is 32.1. The van der Waals surface area contributed by atoms with Gasteiger partial charge in [-0.2, -0.15) is 5.10 Å². The number of nitrogens with zero attached hydrogens (tertiary/aromatic N) is 3. The van der Waals surface area contributed by atoms with Crippen LogP contribution in [-0.2, 0) is 0 Å². The Kier molecular flexibility index (Phi) is 5.17. The molecule has 5 rings (SSSR count). The number of hydrogen-bond acceptors (Lipinski definition) is 5. The average Bonchev–Trinajstić information content (AvgIpc) is 3.40. The van der Waals surface area contributed by atoms with Crippen molar-refractivity contribution >= 4 is 17.6 Å². The van der Waals surface area contributed by atoms with Gasteiger partial charge in [0.15, 0.2) is 11.5 Å². The minimum atomic E-state index is 0.276. The highest BCUT2D eigenvalue weighted by molar-refractivity contribution is 7.07. The SMILES string of the molecule is C(=Nn1c(-c2ccccc2)csc1=NC1CCCCC1)c1ccc2c(c1)OCO2. The third-order valence-corrected chi connectivity index (χ3v) is 6.17. The molecule has 1 aromatic heterocycles. The first-order valence-corrected chi connectivity index (χ1v) is 11.0. The lowest BCUT2D eigenvalue weighted by Gasteiger charge is -2.16. The summed E-state index contributed by atoms with van der Waals surface area (Å²) in [7, 11) is 0. The molecule has 1 fully saturated rings. The molecule has 6 heteroatoms. The van der Waals surface area contributed by atoms with E-state index in [0.29, 0.717) is 6.04 Å². The van der Waals surface area contributed by atoms with E-state index in [-0.39, 0.29) is 6.79 Å². The average molecular weight is 406 g/mol. The van der Waals surface area contributed by atoms with Crippen LogP contribution >= 0.6 is 11.3 Å². The van der Waals surface area contributed by atoms with Gasteiger partial charge in [0.25, 0.3) is 0 Å². The zero-order valence-corrected chi connectivity index (χ0v) is 17.0. The second-order valence-corrected chi connectivity index (χ2v) is 8.20. The summed E-state index contributed by atoms with van der Waals surface area (Å²) in [6.07, 6.45) is 8.07. The predicted octanol–water partition coefficient (Wildman–Crippen LogP) is 5.06. The maximum Gasteiger partial charge on any atom is 0.231 e. The molecule has 2 aliphatic rings. The topological polar surface area (TPSA) is 48.1 Å². The van der Waals surface area contributed by atoms with Crippen LogP contribution in [0.1, 0.15) is 37.7 Å². The zero-order valence-electron chi connectivity index (χ0n) is 16.2. The highest BCUT2D eigenvalue weighted by Crippen LogP contribution is 2.32. The van der Waals surface area contributed by atoms with E-state index in [0.717, 1.165) is 33.1 Å². The number of thiazole rings is 1. The molecule has 3 aromatic rings. The first-order valence-electron chi connectivity index (χ1n) is 10.1. The van der Waals surface area contributed by atoms with Crippen LogP contribution in [0.3, 0.4) is 0 Å². The summed E-state index contributed by atoms with van der Waals surface area (Å²) in [4.78, 5) is 6.01. The van der Waals surface area contributed by atoms with Crippen molar-refractivity contribution in [1.82, 2.24) is 4.68 Å².